The summed E-state index contributed by atoms with van der Waals surface area (Å²) >= 11 is 0. The van der Waals surface area contributed by atoms with E-state index in [-0.39, 0.29) is 5.91 Å². The molecule has 2 saturated carbocycles. The quantitative estimate of drug-likeness (QED) is 0.482. The van der Waals surface area contributed by atoms with E-state index in [0.29, 0.717) is 31.0 Å². The van der Waals surface area contributed by atoms with Gasteiger partial charge in [0.05, 0.1) is 6.54 Å². The van der Waals surface area contributed by atoms with Gasteiger partial charge in [-0.25, -0.2) is 0 Å². The Morgan fingerprint density at radius 2 is 1.76 bits per heavy atom. The first kappa shape index (κ1) is 12.2. The Labute approximate surface area is 102 Å². The van der Waals surface area contributed by atoms with Crippen LogP contribution in [0.15, 0.2) is 4.99 Å². The van der Waals surface area contributed by atoms with Crippen LogP contribution in [0, 0.1) is 0 Å². The first-order chi connectivity index (χ1) is 8.24. The predicted molar refractivity (Wildman–Crippen MR) is 67.7 cm³/mol. The van der Waals surface area contributed by atoms with Crippen LogP contribution < -0.4 is 16.4 Å². The van der Waals surface area contributed by atoms with E-state index in [1.54, 1.807) is 0 Å². The molecule has 0 saturated heterocycles. The van der Waals surface area contributed by atoms with Crippen molar-refractivity contribution in [3.8, 4) is 0 Å². The molecule has 0 spiro atoms. The molecule has 0 bridgehead atoms. The van der Waals surface area contributed by atoms with Crippen molar-refractivity contribution in [2.75, 3.05) is 6.54 Å². The summed E-state index contributed by atoms with van der Waals surface area (Å²) in [7, 11) is 0. The fourth-order valence-corrected chi connectivity index (χ4v) is 2.13. The highest BCUT2D eigenvalue weighted by molar-refractivity contribution is 5.79. The van der Waals surface area contributed by atoms with Gasteiger partial charge in [-0.2, -0.15) is 0 Å². The molecule has 2 fully saturated rings. The SMILES string of the molecule is NC(=NCCC(=O)NC1CC1)NC1CCCC1. The van der Waals surface area contributed by atoms with E-state index < -0.39 is 0 Å². The van der Waals surface area contributed by atoms with E-state index in [9.17, 15) is 4.79 Å². The summed E-state index contributed by atoms with van der Waals surface area (Å²) in [6.07, 6.45) is 7.59. The summed E-state index contributed by atoms with van der Waals surface area (Å²) < 4.78 is 0. The number of nitrogens with two attached hydrogens (primary N) is 1. The monoisotopic (exact) mass is 238 g/mol. The van der Waals surface area contributed by atoms with Gasteiger partial charge in [0.1, 0.15) is 0 Å². The lowest BCUT2D eigenvalue weighted by molar-refractivity contribution is -0.121. The summed E-state index contributed by atoms with van der Waals surface area (Å²) in [6, 6.07) is 0.916. The third-order valence-electron chi connectivity index (χ3n) is 3.27. The van der Waals surface area contributed by atoms with Gasteiger partial charge in [0.2, 0.25) is 5.91 Å². The second kappa shape index (κ2) is 5.89. The number of aliphatic imine (C=N–C) groups is 1. The van der Waals surface area contributed by atoms with Gasteiger partial charge in [0, 0.05) is 18.5 Å². The van der Waals surface area contributed by atoms with Crippen LogP contribution in [0.5, 0.6) is 0 Å². The van der Waals surface area contributed by atoms with E-state index in [1.165, 1.54) is 25.7 Å². The molecule has 0 atom stereocenters. The minimum Gasteiger partial charge on any atom is -0.370 e. The molecule has 96 valence electrons. The third-order valence-corrected chi connectivity index (χ3v) is 3.27. The smallest absolute Gasteiger partial charge is 0.222 e. The van der Waals surface area contributed by atoms with Crippen LogP contribution >= 0.6 is 0 Å². The van der Waals surface area contributed by atoms with E-state index in [2.05, 4.69) is 15.6 Å². The molecule has 1 amide bonds. The molecule has 0 aromatic heterocycles. The van der Waals surface area contributed by atoms with Gasteiger partial charge in [-0.3, -0.25) is 9.79 Å². The molecule has 2 aliphatic rings. The van der Waals surface area contributed by atoms with Crippen LogP contribution in [0.3, 0.4) is 0 Å². The second-order valence-corrected chi connectivity index (χ2v) is 4.98. The number of carbonyl (C=O) groups excluding carboxylic acids is 1. The van der Waals surface area contributed by atoms with Gasteiger partial charge in [0.25, 0.3) is 0 Å². The molecular weight excluding hydrogens is 216 g/mol. The Balaban J connectivity index is 1.59. The molecule has 5 nitrogen and oxygen atoms in total. The van der Waals surface area contributed by atoms with E-state index in [1.807, 2.05) is 0 Å². The molecule has 0 aromatic rings. The van der Waals surface area contributed by atoms with Gasteiger partial charge < -0.3 is 16.4 Å². The Morgan fingerprint density at radius 1 is 1.12 bits per heavy atom. The van der Waals surface area contributed by atoms with Crippen LogP contribution in [0.2, 0.25) is 0 Å². The maximum absolute atomic E-state index is 11.4. The van der Waals surface area contributed by atoms with Crippen molar-refractivity contribution in [1.29, 1.82) is 0 Å². The molecule has 0 aromatic carbocycles. The zero-order chi connectivity index (χ0) is 12.1. The Bertz CT molecular complexity index is 293. The Kier molecular flexibility index (Phi) is 4.23. The van der Waals surface area contributed by atoms with Crippen LogP contribution in [0.1, 0.15) is 44.9 Å². The number of nitrogens with one attached hydrogen (secondary N) is 2. The van der Waals surface area contributed by atoms with Crippen LogP contribution in [-0.2, 0) is 4.79 Å². The normalized spacial score (nSPS) is 21.5. The summed E-state index contributed by atoms with van der Waals surface area (Å²) in [5.74, 6) is 0.570. The van der Waals surface area contributed by atoms with Crippen molar-refractivity contribution in [2.45, 2.75) is 57.0 Å². The first-order valence-electron chi connectivity index (χ1n) is 6.60. The van der Waals surface area contributed by atoms with Gasteiger partial charge >= 0.3 is 0 Å². The molecule has 5 heteroatoms. The molecule has 2 aliphatic carbocycles. The average molecular weight is 238 g/mol. The first-order valence-corrected chi connectivity index (χ1v) is 6.60. The number of carbonyl (C=O) groups is 1. The largest absolute Gasteiger partial charge is 0.370 e. The molecule has 4 N–H and O–H groups in total. The van der Waals surface area contributed by atoms with E-state index in [0.717, 1.165) is 12.8 Å². The molecule has 2 rings (SSSR count). The summed E-state index contributed by atoms with van der Waals surface area (Å²) in [5, 5.41) is 6.13. The van der Waals surface area contributed by atoms with Crippen molar-refractivity contribution in [3.63, 3.8) is 0 Å². The van der Waals surface area contributed by atoms with Gasteiger partial charge in [-0.15, -0.1) is 0 Å². The molecule has 0 radical (unpaired) electrons. The van der Waals surface area contributed by atoms with Gasteiger partial charge in [0.15, 0.2) is 5.96 Å². The molecule has 0 unspecified atom stereocenters. The van der Waals surface area contributed by atoms with Crippen molar-refractivity contribution >= 4 is 11.9 Å². The van der Waals surface area contributed by atoms with Crippen molar-refractivity contribution < 1.29 is 4.79 Å². The van der Waals surface area contributed by atoms with E-state index >= 15 is 0 Å². The third kappa shape index (κ3) is 4.63. The number of rotatable bonds is 5. The van der Waals surface area contributed by atoms with Gasteiger partial charge in [-0.1, -0.05) is 12.8 Å². The molecular formula is C12H22N4O. The standard InChI is InChI=1S/C12H22N4O/c13-12(16-9-3-1-2-4-9)14-8-7-11(17)15-10-5-6-10/h9-10H,1-8H2,(H,15,17)(H3,13,14,16). The lowest BCUT2D eigenvalue weighted by Gasteiger charge is -2.12. The lowest BCUT2D eigenvalue weighted by atomic mass is 10.2. The highest BCUT2D eigenvalue weighted by Crippen LogP contribution is 2.18. The second-order valence-electron chi connectivity index (χ2n) is 4.98. The van der Waals surface area contributed by atoms with Crippen molar-refractivity contribution in [2.24, 2.45) is 10.7 Å². The number of hydrogen-bond donors (Lipinski definition) is 3. The summed E-state index contributed by atoms with van der Waals surface area (Å²) in [4.78, 5) is 15.6. The van der Waals surface area contributed by atoms with Crippen LogP contribution in [-0.4, -0.2) is 30.5 Å². The Morgan fingerprint density at radius 3 is 2.41 bits per heavy atom. The Hall–Kier alpha value is -1.26. The summed E-state index contributed by atoms with van der Waals surface area (Å²) in [5.41, 5.74) is 5.76. The summed E-state index contributed by atoms with van der Waals surface area (Å²) in [6.45, 7) is 0.476. The van der Waals surface area contributed by atoms with Crippen molar-refractivity contribution in [1.82, 2.24) is 10.6 Å². The zero-order valence-electron chi connectivity index (χ0n) is 10.2. The van der Waals surface area contributed by atoms with Crippen molar-refractivity contribution in [3.05, 3.63) is 0 Å². The number of guanidine groups is 1. The van der Waals surface area contributed by atoms with Crippen LogP contribution in [0.4, 0.5) is 0 Å². The number of amides is 1. The highest BCUT2D eigenvalue weighted by Gasteiger charge is 2.22. The maximum Gasteiger partial charge on any atom is 0.222 e. The average Bonchev–Trinajstić information content (AvgIpc) is 2.93. The minimum atomic E-state index is 0.0879. The molecule has 0 aliphatic heterocycles. The number of hydrogen-bond acceptors (Lipinski definition) is 2. The highest BCUT2D eigenvalue weighted by atomic mass is 16.1. The van der Waals surface area contributed by atoms with Gasteiger partial charge in [-0.05, 0) is 25.7 Å². The van der Waals surface area contributed by atoms with Crippen LogP contribution in [0.25, 0.3) is 0 Å². The predicted octanol–water partition coefficient (Wildman–Crippen LogP) is 0.502. The molecule has 0 heterocycles. The lowest BCUT2D eigenvalue weighted by Crippen LogP contribution is -2.38. The minimum absolute atomic E-state index is 0.0879. The topological polar surface area (TPSA) is 79.5 Å². The zero-order valence-corrected chi connectivity index (χ0v) is 10.2. The fourth-order valence-electron chi connectivity index (χ4n) is 2.13. The molecule has 17 heavy (non-hydrogen) atoms. The van der Waals surface area contributed by atoms with E-state index in [4.69, 9.17) is 5.73 Å². The fraction of sp³-hybridized carbons (Fsp3) is 0.833. The maximum atomic E-state index is 11.4. The number of nitrogens with zero attached hydrogens (tertiary/aromatic N) is 1.